The Morgan fingerprint density at radius 1 is 0.967 bits per heavy atom. The van der Waals surface area contributed by atoms with Gasteiger partial charge in [-0.2, -0.15) is 0 Å². The van der Waals surface area contributed by atoms with Gasteiger partial charge in [0.1, 0.15) is 28.7 Å². The molecular weight excluding hydrogens is 419 g/mol. The van der Waals surface area contributed by atoms with Crippen molar-refractivity contribution in [3.63, 3.8) is 0 Å². The van der Waals surface area contributed by atoms with Crippen molar-refractivity contribution < 1.29 is 17.9 Å². The van der Waals surface area contributed by atoms with Crippen LogP contribution >= 0.6 is 11.6 Å². The summed E-state index contributed by atoms with van der Waals surface area (Å²) in [6.45, 7) is 1.67. The maximum absolute atomic E-state index is 14.6. The van der Waals surface area contributed by atoms with Gasteiger partial charge >= 0.3 is 0 Å². The molecule has 0 fully saturated rings. The summed E-state index contributed by atoms with van der Waals surface area (Å²) in [4.78, 5) is 16.0. The number of nitrogens with zero attached hydrogens (tertiary/aromatic N) is 4. The number of anilines is 1. The number of halogens is 4. The van der Waals surface area contributed by atoms with E-state index in [1.807, 2.05) is 0 Å². The third-order valence-electron chi connectivity index (χ3n) is 4.41. The minimum absolute atomic E-state index is 0.0472. The number of aromatic nitrogens is 4. The minimum atomic E-state index is -0.920. The van der Waals surface area contributed by atoms with Crippen LogP contribution in [0.4, 0.5) is 19.0 Å². The lowest BCUT2D eigenvalue weighted by Gasteiger charge is -2.17. The van der Waals surface area contributed by atoms with E-state index in [1.54, 1.807) is 19.1 Å². The molecule has 0 aliphatic heterocycles. The van der Waals surface area contributed by atoms with Crippen molar-refractivity contribution in [2.75, 3.05) is 5.73 Å². The second-order valence-corrected chi connectivity index (χ2v) is 6.71. The molecule has 0 saturated heterocycles. The summed E-state index contributed by atoms with van der Waals surface area (Å²) in [5.41, 5.74) is 6.70. The molecule has 2 N–H and O–H groups in total. The lowest BCUT2D eigenvalue weighted by Crippen LogP contribution is -2.09. The predicted molar refractivity (Wildman–Crippen MR) is 105 cm³/mol. The smallest absolute Gasteiger partial charge is 0.169 e. The fourth-order valence-corrected chi connectivity index (χ4v) is 3.16. The molecule has 0 bridgehead atoms. The largest absolute Gasteiger partial charge is 0.482 e. The number of fused-ring (bicyclic) bond motifs is 1. The van der Waals surface area contributed by atoms with Crippen LogP contribution in [0, 0.1) is 17.5 Å². The number of benzene rings is 2. The Kier molecular flexibility index (Phi) is 5.13. The number of hydrogen-bond acceptors (Lipinski definition) is 6. The highest BCUT2D eigenvalue weighted by molar-refractivity contribution is 6.31. The molecule has 0 unspecified atom stereocenters. The van der Waals surface area contributed by atoms with E-state index >= 15 is 0 Å². The van der Waals surface area contributed by atoms with Gasteiger partial charge in [-0.25, -0.2) is 33.1 Å². The normalized spacial score (nSPS) is 12.2. The highest BCUT2D eigenvalue weighted by atomic mass is 35.5. The zero-order chi connectivity index (χ0) is 21.4. The summed E-state index contributed by atoms with van der Waals surface area (Å²) in [6.07, 6.45) is 2.63. The Labute approximate surface area is 173 Å². The fraction of sp³-hybridized carbons (Fsp3) is 0.100. The molecule has 0 saturated carbocycles. The molecule has 2 aromatic carbocycles. The lowest BCUT2D eigenvalue weighted by atomic mass is 10.0. The van der Waals surface area contributed by atoms with E-state index in [1.165, 1.54) is 12.4 Å². The number of hydrogen-bond donors (Lipinski definition) is 1. The van der Waals surface area contributed by atoms with Crippen molar-refractivity contribution in [3.8, 4) is 16.9 Å². The minimum Gasteiger partial charge on any atom is -0.482 e. The van der Waals surface area contributed by atoms with E-state index in [0.29, 0.717) is 16.7 Å². The van der Waals surface area contributed by atoms with Crippen LogP contribution in [0.3, 0.4) is 0 Å². The van der Waals surface area contributed by atoms with Crippen LogP contribution in [0.1, 0.15) is 18.9 Å². The third-order valence-corrected chi connectivity index (χ3v) is 4.76. The molecule has 1 atom stereocenters. The number of nitrogens with two attached hydrogens (primary N) is 1. The average Bonchev–Trinajstić information content (AvgIpc) is 2.73. The Hall–Kier alpha value is -3.46. The summed E-state index contributed by atoms with van der Waals surface area (Å²) in [5.74, 6) is -1.72. The third kappa shape index (κ3) is 3.48. The summed E-state index contributed by atoms with van der Waals surface area (Å²) >= 11 is 5.72. The van der Waals surface area contributed by atoms with Gasteiger partial charge in [-0.1, -0.05) is 11.6 Å². The van der Waals surface area contributed by atoms with Crippen molar-refractivity contribution in [2.45, 2.75) is 13.0 Å². The first kappa shape index (κ1) is 19.8. The van der Waals surface area contributed by atoms with Gasteiger partial charge in [0.05, 0.1) is 23.3 Å². The van der Waals surface area contributed by atoms with E-state index in [4.69, 9.17) is 22.1 Å². The SMILES string of the molecule is C[C@@H](Oc1ccc(-c2ccc(F)c(Cl)c2F)c2ncnc(N)c12)c1ncc(F)cn1. The van der Waals surface area contributed by atoms with Crippen molar-refractivity contribution in [3.05, 3.63) is 71.3 Å². The second kappa shape index (κ2) is 7.75. The van der Waals surface area contributed by atoms with Crippen LogP contribution in [-0.4, -0.2) is 19.9 Å². The van der Waals surface area contributed by atoms with Gasteiger partial charge in [0.15, 0.2) is 23.6 Å². The van der Waals surface area contributed by atoms with Gasteiger partial charge < -0.3 is 10.5 Å². The standard InChI is InChI=1S/C20H13ClF3N5O/c1-9(20-26-6-10(22)7-27-20)30-14-5-3-12(18-15(14)19(25)29-8-28-18)11-2-4-13(23)16(21)17(11)24/h2-9H,1H3,(H2,25,28,29)/t9-/m1/s1. The Balaban J connectivity index is 1.83. The topological polar surface area (TPSA) is 86.8 Å². The summed E-state index contributed by atoms with van der Waals surface area (Å²) < 4.78 is 47.2. The average molecular weight is 432 g/mol. The first-order valence-electron chi connectivity index (χ1n) is 8.68. The molecule has 4 aromatic rings. The van der Waals surface area contributed by atoms with Crippen molar-refractivity contribution in [1.82, 2.24) is 19.9 Å². The first-order chi connectivity index (χ1) is 14.4. The van der Waals surface area contributed by atoms with Crippen LogP contribution in [0.5, 0.6) is 5.75 Å². The number of nitrogen functional groups attached to an aromatic ring is 1. The van der Waals surface area contributed by atoms with Crippen LogP contribution in [-0.2, 0) is 0 Å². The molecule has 0 radical (unpaired) electrons. The molecule has 6 nitrogen and oxygen atoms in total. The van der Waals surface area contributed by atoms with Gasteiger partial charge in [-0.3, -0.25) is 0 Å². The maximum Gasteiger partial charge on any atom is 0.169 e. The highest BCUT2D eigenvalue weighted by Crippen LogP contribution is 2.39. The molecular formula is C20H13ClF3N5O. The fourth-order valence-electron chi connectivity index (χ4n) is 2.99. The summed E-state index contributed by atoms with van der Waals surface area (Å²) in [5, 5.41) is -0.297. The monoisotopic (exact) mass is 431 g/mol. The van der Waals surface area contributed by atoms with Crippen LogP contribution < -0.4 is 10.5 Å². The van der Waals surface area contributed by atoms with E-state index in [2.05, 4.69) is 19.9 Å². The molecule has 4 rings (SSSR count). The zero-order valence-electron chi connectivity index (χ0n) is 15.4. The molecule has 0 aliphatic rings. The highest BCUT2D eigenvalue weighted by Gasteiger charge is 2.20. The molecule has 0 amide bonds. The van der Waals surface area contributed by atoms with Gasteiger partial charge in [-0.15, -0.1) is 0 Å². The van der Waals surface area contributed by atoms with E-state index in [0.717, 1.165) is 18.5 Å². The molecule has 152 valence electrons. The Morgan fingerprint density at radius 2 is 1.67 bits per heavy atom. The second-order valence-electron chi connectivity index (χ2n) is 6.34. The molecule has 10 heteroatoms. The van der Waals surface area contributed by atoms with Crippen LogP contribution in [0.15, 0.2) is 43.0 Å². The zero-order valence-corrected chi connectivity index (χ0v) is 16.2. The number of ether oxygens (including phenoxy) is 1. The molecule has 30 heavy (non-hydrogen) atoms. The van der Waals surface area contributed by atoms with Crippen molar-refractivity contribution >= 4 is 28.3 Å². The Bertz CT molecular complexity index is 1250. The summed E-state index contributed by atoms with van der Waals surface area (Å²) in [7, 11) is 0. The van der Waals surface area contributed by atoms with Crippen LogP contribution in [0.2, 0.25) is 5.02 Å². The van der Waals surface area contributed by atoms with Gasteiger partial charge in [0.2, 0.25) is 0 Å². The van der Waals surface area contributed by atoms with Crippen molar-refractivity contribution in [2.24, 2.45) is 0 Å². The molecule has 0 spiro atoms. The lowest BCUT2D eigenvalue weighted by molar-refractivity contribution is 0.219. The number of rotatable bonds is 4. The summed E-state index contributed by atoms with van der Waals surface area (Å²) in [6, 6.07) is 5.43. The van der Waals surface area contributed by atoms with Gasteiger partial charge in [0.25, 0.3) is 0 Å². The molecule has 2 aromatic heterocycles. The van der Waals surface area contributed by atoms with Crippen LogP contribution in [0.25, 0.3) is 22.0 Å². The maximum atomic E-state index is 14.6. The first-order valence-corrected chi connectivity index (χ1v) is 9.05. The predicted octanol–water partition coefficient (Wildman–Crippen LogP) is 4.88. The molecule has 0 aliphatic carbocycles. The van der Waals surface area contributed by atoms with Gasteiger partial charge in [-0.05, 0) is 31.2 Å². The van der Waals surface area contributed by atoms with E-state index in [9.17, 15) is 13.2 Å². The molecule has 2 heterocycles. The quantitative estimate of drug-likeness (QED) is 0.463. The van der Waals surface area contributed by atoms with Gasteiger partial charge in [0, 0.05) is 11.1 Å². The van der Waals surface area contributed by atoms with Crippen molar-refractivity contribution in [1.29, 1.82) is 0 Å². The Morgan fingerprint density at radius 3 is 2.40 bits per heavy atom. The van der Waals surface area contributed by atoms with E-state index in [-0.39, 0.29) is 22.7 Å². The van der Waals surface area contributed by atoms with E-state index < -0.39 is 28.6 Å².